The van der Waals surface area contributed by atoms with Crippen molar-refractivity contribution in [1.82, 2.24) is 15.1 Å². The first-order valence-corrected chi connectivity index (χ1v) is 7.05. The Labute approximate surface area is 129 Å². The quantitative estimate of drug-likeness (QED) is 0.802. The van der Waals surface area contributed by atoms with E-state index >= 15 is 0 Å². The van der Waals surface area contributed by atoms with Crippen molar-refractivity contribution in [2.75, 3.05) is 12.3 Å². The van der Waals surface area contributed by atoms with Crippen LogP contribution in [0.25, 0.3) is 6.08 Å². The van der Waals surface area contributed by atoms with Gasteiger partial charge in [0.15, 0.2) is 5.82 Å². The lowest BCUT2D eigenvalue weighted by molar-refractivity contribution is 0.140. The van der Waals surface area contributed by atoms with Crippen molar-refractivity contribution >= 4 is 18.0 Å². The maximum absolute atomic E-state index is 11.5. The van der Waals surface area contributed by atoms with Gasteiger partial charge >= 0.3 is 6.09 Å². The Kier molecular flexibility index (Phi) is 5.59. The molecule has 3 N–H and O–H groups in total. The molecule has 22 heavy (non-hydrogen) atoms. The molecule has 1 amide bonds. The highest BCUT2D eigenvalue weighted by Crippen LogP contribution is 2.10. The second-order valence-electron chi connectivity index (χ2n) is 4.82. The topological polar surface area (TPSA) is 82.2 Å². The lowest BCUT2D eigenvalue weighted by Crippen LogP contribution is -2.24. The van der Waals surface area contributed by atoms with Crippen LogP contribution in [-0.2, 0) is 18.4 Å². The molecule has 0 unspecified atom stereocenters. The Morgan fingerprint density at radius 1 is 1.41 bits per heavy atom. The number of anilines is 1. The average Bonchev–Trinajstić information content (AvgIpc) is 2.84. The molecule has 6 nitrogen and oxygen atoms in total. The first kappa shape index (κ1) is 15.6. The van der Waals surface area contributed by atoms with Gasteiger partial charge in [0.25, 0.3) is 0 Å². The van der Waals surface area contributed by atoms with Crippen LogP contribution in [0.2, 0.25) is 0 Å². The van der Waals surface area contributed by atoms with Gasteiger partial charge in [-0.1, -0.05) is 42.5 Å². The van der Waals surface area contributed by atoms with E-state index < -0.39 is 6.09 Å². The van der Waals surface area contributed by atoms with E-state index in [1.807, 2.05) is 55.7 Å². The van der Waals surface area contributed by atoms with Crippen LogP contribution in [0.15, 0.2) is 42.6 Å². The molecule has 0 bridgehead atoms. The van der Waals surface area contributed by atoms with E-state index in [9.17, 15) is 4.79 Å². The number of ether oxygens (including phenoxy) is 1. The summed E-state index contributed by atoms with van der Waals surface area (Å²) in [5, 5.41) is 6.74. The standard InChI is InChI=1S/C16H20N4O2/c1-20-11-14(15(17)19-20)9-5-6-10-18-16(21)22-12-13-7-3-2-4-8-13/h2-5,7-9,11H,6,10,12H2,1H3,(H2,17,19)(H,18,21). The highest BCUT2D eigenvalue weighted by Gasteiger charge is 2.01. The number of nitrogens with zero attached hydrogens (tertiary/aromatic N) is 2. The molecule has 0 saturated heterocycles. The van der Waals surface area contributed by atoms with Crippen LogP contribution >= 0.6 is 0 Å². The first-order valence-electron chi connectivity index (χ1n) is 7.05. The van der Waals surface area contributed by atoms with Crippen molar-refractivity contribution in [3.63, 3.8) is 0 Å². The van der Waals surface area contributed by atoms with E-state index in [1.54, 1.807) is 4.68 Å². The zero-order valence-electron chi connectivity index (χ0n) is 12.5. The van der Waals surface area contributed by atoms with Gasteiger partial charge in [0.2, 0.25) is 0 Å². The summed E-state index contributed by atoms with van der Waals surface area (Å²) in [4.78, 5) is 11.5. The van der Waals surface area contributed by atoms with Gasteiger partial charge in [-0.3, -0.25) is 4.68 Å². The van der Waals surface area contributed by atoms with E-state index in [-0.39, 0.29) is 6.61 Å². The summed E-state index contributed by atoms with van der Waals surface area (Å²) in [6, 6.07) is 9.56. The van der Waals surface area contributed by atoms with Gasteiger partial charge in [0, 0.05) is 25.4 Å². The maximum Gasteiger partial charge on any atom is 0.407 e. The molecule has 0 radical (unpaired) electrons. The van der Waals surface area contributed by atoms with E-state index in [0.29, 0.717) is 18.8 Å². The Hall–Kier alpha value is -2.76. The fourth-order valence-electron chi connectivity index (χ4n) is 1.89. The molecule has 1 aromatic carbocycles. The number of carbonyl (C=O) groups excluding carboxylic acids is 1. The van der Waals surface area contributed by atoms with Gasteiger partial charge in [-0.25, -0.2) is 4.79 Å². The third-order valence-corrected chi connectivity index (χ3v) is 2.98. The molecular formula is C16H20N4O2. The zero-order chi connectivity index (χ0) is 15.8. The van der Waals surface area contributed by atoms with Gasteiger partial charge in [-0.05, 0) is 12.0 Å². The van der Waals surface area contributed by atoms with Gasteiger partial charge < -0.3 is 15.8 Å². The summed E-state index contributed by atoms with van der Waals surface area (Å²) in [6.45, 7) is 0.777. The third kappa shape index (κ3) is 4.97. The summed E-state index contributed by atoms with van der Waals surface area (Å²) in [5.41, 5.74) is 7.56. The van der Waals surface area contributed by atoms with E-state index in [4.69, 9.17) is 10.5 Å². The number of aryl methyl sites for hydroxylation is 1. The second-order valence-corrected chi connectivity index (χ2v) is 4.82. The largest absolute Gasteiger partial charge is 0.445 e. The minimum Gasteiger partial charge on any atom is -0.445 e. The number of aromatic nitrogens is 2. The van der Waals surface area contributed by atoms with Gasteiger partial charge in [-0.2, -0.15) is 5.10 Å². The molecule has 6 heteroatoms. The van der Waals surface area contributed by atoms with E-state index in [1.165, 1.54) is 0 Å². The fraction of sp³-hybridized carbons (Fsp3) is 0.250. The zero-order valence-corrected chi connectivity index (χ0v) is 12.5. The van der Waals surface area contributed by atoms with Crippen LogP contribution in [0.1, 0.15) is 17.5 Å². The molecular weight excluding hydrogens is 280 g/mol. The molecule has 1 aromatic heterocycles. The number of amides is 1. The smallest absolute Gasteiger partial charge is 0.407 e. The number of hydrogen-bond acceptors (Lipinski definition) is 4. The Bertz CT molecular complexity index is 635. The SMILES string of the molecule is Cn1cc(C=CCCNC(=O)OCc2ccccc2)c(N)n1. The van der Waals surface area contributed by atoms with Crippen LogP contribution in [0, 0.1) is 0 Å². The fourth-order valence-corrected chi connectivity index (χ4v) is 1.89. The highest BCUT2D eigenvalue weighted by atomic mass is 16.5. The molecule has 0 aliphatic rings. The van der Waals surface area contributed by atoms with Crippen molar-refractivity contribution < 1.29 is 9.53 Å². The summed E-state index contributed by atoms with van der Waals surface area (Å²) in [6.07, 6.45) is 5.94. The van der Waals surface area contributed by atoms with Gasteiger partial charge in [-0.15, -0.1) is 0 Å². The molecule has 0 fully saturated rings. The molecule has 116 valence electrons. The molecule has 0 spiro atoms. The number of alkyl carbamates (subject to hydrolysis) is 1. The van der Waals surface area contributed by atoms with Crippen LogP contribution < -0.4 is 11.1 Å². The maximum atomic E-state index is 11.5. The van der Waals surface area contributed by atoms with Crippen molar-refractivity contribution in [2.45, 2.75) is 13.0 Å². The number of nitrogens with two attached hydrogens (primary N) is 1. The monoisotopic (exact) mass is 300 g/mol. The van der Waals surface area contributed by atoms with E-state index in [0.717, 1.165) is 11.1 Å². The van der Waals surface area contributed by atoms with Crippen LogP contribution in [0.4, 0.5) is 10.6 Å². The van der Waals surface area contributed by atoms with Crippen LogP contribution in [0.3, 0.4) is 0 Å². The van der Waals surface area contributed by atoms with Crippen LogP contribution in [-0.4, -0.2) is 22.4 Å². The Morgan fingerprint density at radius 3 is 2.86 bits per heavy atom. The number of hydrogen-bond donors (Lipinski definition) is 2. The van der Waals surface area contributed by atoms with Crippen molar-refractivity contribution in [3.05, 3.63) is 53.7 Å². The third-order valence-electron chi connectivity index (χ3n) is 2.98. The number of nitrogens with one attached hydrogen (secondary N) is 1. The molecule has 2 rings (SSSR count). The molecule has 0 atom stereocenters. The number of benzene rings is 1. The number of nitrogen functional groups attached to an aromatic ring is 1. The van der Waals surface area contributed by atoms with Gasteiger partial charge in [0.05, 0.1) is 0 Å². The highest BCUT2D eigenvalue weighted by molar-refractivity contribution is 5.67. The molecule has 2 aromatic rings. The summed E-state index contributed by atoms with van der Waals surface area (Å²) in [5.74, 6) is 0.494. The predicted molar refractivity (Wildman–Crippen MR) is 85.9 cm³/mol. The van der Waals surface area contributed by atoms with E-state index in [2.05, 4.69) is 10.4 Å². The lowest BCUT2D eigenvalue weighted by Gasteiger charge is -2.05. The normalized spacial score (nSPS) is 10.8. The summed E-state index contributed by atoms with van der Waals surface area (Å²) < 4.78 is 6.77. The molecule has 1 heterocycles. The Morgan fingerprint density at radius 2 is 2.18 bits per heavy atom. The number of rotatable bonds is 6. The predicted octanol–water partition coefficient (Wildman–Crippen LogP) is 2.33. The Balaban J connectivity index is 1.64. The minimum atomic E-state index is -0.418. The average molecular weight is 300 g/mol. The van der Waals surface area contributed by atoms with Crippen molar-refractivity contribution in [2.24, 2.45) is 7.05 Å². The minimum absolute atomic E-state index is 0.273. The number of carbonyl (C=O) groups is 1. The summed E-state index contributed by atoms with van der Waals surface area (Å²) >= 11 is 0. The molecule has 0 saturated carbocycles. The van der Waals surface area contributed by atoms with Crippen molar-refractivity contribution in [1.29, 1.82) is 0 Å². The summed E-state index contributed by atoms with van der Waals surface area (Å²) in [7, 11) is 1.82. The molecule has 0 aliphatic heterocycles. The van der Waals surface area contributed by atoms with Gasteiger partial charge in [0.1, 0.15) is 6.61 Å². The second kappa shape index (κ2) is 7.87. The molecule has 0 aliphatic carbocycles. The van der Waals surface area contributed by atoms with Crippen LogP contribution in [0.5, 0.6) is 0 Å². The lowest BCUT2D eigenvalue weighted by atomic mass is 10.2. The van der Waals surface area contributed by atoms with Crippen molar-refractivity contribution in [3.8, 4) is 0 Å². The first-order chi connectivity index (χ1) is 10.6.